The van der Waals surface area contributed by atoms with Crippen LogP contribution in [0.25, 0.3) is 10.8 Å². The van der Waals surface area contributed by atoms with Crippen molar-refractivity contribution < 1.29 is 4.79 Å². The molecular weight excluding hydrogens is 321 g/mol. The van der Waals surface area contributed by atoms with Gasteiger partial charge in [-0.1, -0.05) is 24.3 Å². The Balaban J connectivity index is 0.00000121. The SMILES string of the molecule is Cl.Cl.O=C(NCCC1CCNC1)c1nccc2ccccc12. The Morgan fingerprint density at radius 1 is 1.27 bits per heavy atom. The highest BCUT2D eigenvalue weighted by Crippen LogP contribution is 2.16. The molecule has 2 N–H and O–H groups in total. The lowest BCUT2D eigenvalue weighted by atomic mass is 10.1. The smallest absolute Gasteiger partial charge is 0.270 e. The summed E-state index contributed by atoms with van der Waals surface area (Å²) in [7, 11) is 0. The van der Waals surface area contributed by atoms with E-state index in [2.05, 4.69) is 15.6 Å². The number of benzene rings is 1. The van der Waals surface area contributed by atoms with Crippen molar-refractivity contribution in [2.45, 2.75) is 12.8 Å². The van der Waals surface area contributed by atoms with Crippen molar-refractivity contribution >= 4 is 41.5 Å². The number of amides is 1. The molecule has 3 rings (SSSR count). The van der Waals surface area contributed by atoms with Gasteiger partial charge in [0, 0.05) is 18.1 Å². The highest BCUT2D eigenvalue weighted by molar-refractivity contribution is 6.05. The predicted molar refractivity (Wildman–Crippen MR) is 94.2 cm³/mol. The number of hydrogen-bond donors (Lipinski definition) is 2. The van der Waals surface area contributed by atoms with Crippen molar-refractivity contribution in [2.75, 3.05) is 19.6 Å². The maximum absolute atomic E-state index is 12.2. The quantitative estimate of drug-likeness (QED) is 0.898. The first-order valence-electron chi connectivity index (χ1n) is 7.17. The van der Waals surface area contributed by atoms with E-state index in [1.807, 2.05) is 30.3 Å². The van der Waals surface area contributed by atoms with Crippen LogP contribution in [0.15, 0.2) is 36.5 Å². The van der Waals surface area contributed by atoms with E-state index >= 15 is 0 Å². The number of rotatable bonds is 4. The number of nitrogens with zero attached hydrogens (tertiary/aromatic N) is 1. The monoisotopic (exact) mass is 341 g/mol. The second-order valence-corrected chi connectivity index (χ2v) is 5.28. The van der Waals surface area contributed by atoms with Gasteiger partial charge in [-0.3, -0.25) is 9.78 Å². The van der Waals surface area contributed by atoms with Crippen molar-refractivity contribution in [3.05, 3.63) is 42.2 Å². The number of carbonyl (C=O) groups is 1. The van der Waals surface area contributed by atoms with Crippen LogP contribution in [-0.4, -0.2) is 30.5 Å². The number of hydrogen-bond acceptors (Lipinski definition) is 3. The summed E-state index contributed by atoms with van der Waals surface area (Å²) in [6.45, 7) is 2.89. The molecule has 0 spiro atoms. The van der Waals surface area contributed by atoms with Gasteiger partial charge in [-0.05, 0) is 43.3 Å². The van der Waals surface area contributed by atoms with Crippen LogP contribution >= 0.6 is 24.8 Å². The average molecular weight is 342 g/mol. The molecule has 1 aliphatic heterocycles. The molecule has 1 saturated heterocycles. The summed E-state index contributed by atoms with van der Waals surface area (Å²) in [5.41, 5.74) is 0.521. The second kappa shape index (κ2) is 8.93. The minimum absolute atomic E-state index is 0. The highest BCUT2D eigenvalue weighted by atomic mass is 35.5. The Morgan fingerprint density at radius 2 is 2.09 bits per heavy atom. The third kappa shape index (κ3) is 4.32. The second-order valence-electron chi connectivity index (χ2n) is 5.28. The van der Waals surface area contributed by atoms with Gasteiger partial charge in [0.05, 0.1) is 0 Å². The maximum atomic E-state index is 12.2. The molecule has 1 amide bonds. The number of fused-ring (bicyclic) bond motifs is 1. The Morgan fingerprint density at radius 3 is 2.86 bits per heavy atom. The fourth-order valence-electron chi connectivity index (χ4n) is 2.73. The third-order valence-corrected chi connectivity index (χ3v) is 3.89. The lowest BCUT2D eigenvalue weighted by molar-refractivity contribution is 0.0948. The van der Waals surface area contributed by atoms with Crippen LogP contribution < -0.4 is 10.6 Å². The molecule has 1 aromatic heterocycles. The van der Waals surface area contributed by atoms with Crippen LogP contribution in [-0.2, 0) is 0 Å². The number of carbonyl (C=O) groups excluding carboxylic acids is 1. The fourth-order valence-corrected chi connectivity index (χ4v) is 2.73. The molecular formula is C16H21Cl2N3O. The molecule has 1 aliphatic rings. The first-order chi connectivity index (χ1) is 9.84. The average Bonchev–Trinajstić information content (AvgIpc) is 3.00. The molecule has 1 unspecified atom stereocenters. The summed E-state index contributed by atoms with van der Waals surface area (Å²) >= 11 is 0. The normalized spacial score (nSPS) is 16.6. The molecule has 0 aliphatic carbocycles. The minimum Gasteiger partial charge on any atom is -0.351 e. The molecule has 0 radical (unpaired) electrons. The van der Waals surface area contributed by atoms with Crippen LogP contribution in [0.1, 0.15) is 23.3 Å². The number of halogens is 2. The molecule has 22 heavy (non-hydrogen) atoms. The lowest BCUT2D eigenvalue weighted by Crippen LogP contribution is -2.27. The number of nitrogens with one attached hydrogen (secondary N) is 2. The summed E-state index contributed by atoms with van der Waals surface area (Å²) in [5, 5.41) is 8.29. The van der Waals surface area contributed by atoms with Gasteiger partial charge in [-0.15, -0.1) is 24.8 Å². The van der Waals surface area contributed by atoms with Gasteiger partial charge in [-0.25, -0.2) is 0 Å². The molecule has 6 heteroatoms. The largest absolute Gasteiger partial charge is 0.351 e. The van der Waals surface area contributed by atoms with Gasteiger partial charge in [0.25, 0.3) is 5.91 Å². The van der Waals surface area contributed by atoms with E-state index in [4.69, 9.17) is 0 Å². The van der Waals surface area contributed by atoms with E-state index in [0.29, 0.717) is 11.6 Å². The summed E-state index contributed by atoms with van der Waals surface area (Å²) < 4.78 is 0. The Bertz CT molecular complexity index is 610. The van der Waals surface area contributed by atoms with Crippen molar-refractivity contribution in [1.82, 2.24) is 15.6 Å². The predicted octanol–water partition coefficient (Wildman–Crippen LogP) is 2.81. The van der Waals surface area contributed by atoms with Gasteiger partial charge >= 0.3 is 0 Å². The lowest BCUT2D eigenvalue weighted by Gasteiger charge is -2.10. The minimum atomic E-state index is -0.0762. The van der Waals surface area contributed by atoms with Crippen LogP contribution in [0, 0.1) is 5.92 Å². The van der Waals surface area contributed by atoms with Gasteiger partial charge in [-0.2, -0.15) is 0 Å². The van der Waals surface area contributed by atoms with E-state index in [1.54, 1.807) is 6.20 Å². The standard InChI is InChI=1S/C16H19N3O.2ClH/c20-16(19-9-6-12-5-8-17-11-12)15-14-4-2-1-3-13(14)7-10-18-15;;/h1-4,7,10,12,17H,5-6,8-9,11H2,(H,19,20);2*1H. The third-order valence-electron chi connectivity index (χ3n) is 3.89. The Labute approximate surface area is 142 Å². The molecule has 4 nitrogen and oxygen atoms in total. The molecule has 120 valence electrons. The molecule has 2 heterocycles. The van der Waals surface area contributed by atoms with E-state index in [0.717, 1.165) is 36.8 Å². The van der Waals surface area contributed by atoms with Crippen LogP contribution in [0.4, 0.5) is 0 Å². The molecule has 1 aromatic carbocycles. The molecule has 0 bridgehead atoms. The van der Waals surface area contributed by atoms with Gasteiger partial charge < -0.3 is 10.6 Å². The molecule has 1 fully saturated rings. The zero-order valence-electron chi connectivity index (χ0n) is 12.2. The van der Waals surface area contributed by atoms with E-state index < -0.39 is 0 Å². The number of aromatic nitrogens is 1. The van der Waals surface area contributed by atoms with Crippen LogP contribution in [0.2, 0.25) is 0 Å². The van der Waals surface area contributed by atoms with Gasteiger partial charge in [0.1, 0.15) is 5.69 Å². The summed E-state index contributed by atoms with van der Waals surface area (Å²) in [4.78, 5) is 16.5. The summed E-state index contributed by atoms with van der Waals surface area (Å²) in [6, 6.07) is 9.77. The molecule has 2 aromatic rings. The van der Waals surface area contributed by atoms with Crippen molar-refractivity contribution in [2.24, 2.45) is 5.92 Å². The highest BCUT2D eigenvalue weighted by Gasteiger charge is 2.15. The van der Waals surface area contributed by atoms with E-state index in [-0.39, 0.29) is 30.7 Å². The Kier molecular flexibility index (Phi) is 7.59. The topological polar surface area (TPSA) is 54.0 Å². The van der Waals surface area contributed by atoms with Crippen molar-refractivity contribution in [3.8, 4) is 0 Å². The Hall–Kier alpha value is -1.36. The van der Waals surface area contributed by atoms with E-state index in [1.165, 1.54) is 6.42 Å². The fraction of sp³-hybridized carbons (Fsp3) is 0.375. The summed E-state index contributed by atoms with van der Waals surface area (Å²) in [5.74, 6) is 0.614. The summed E-state index contributed by atoms with van der Waals surface area (Å²) in [6.07, 6.45) is 3.93. The van der Waals surface area contributed by atoms with Crippen molar-refractivity contribution in [1.29, 1.82) is 0 Å². The molecule has 1 atom stereocenters. The van der Waals surface area contributed by atoms with Gasteiger partial charge in [0.15, 0.2) is 0 Å². The zero-order valence-corrected chi connectivity index (χ0v) is 13.9. The zero-order chi connectivity index (χ0) is 13.8. The van der Waals surface area contributed by atoms with Gasteiger partial charge in [0.2, 0.25) is 0 Å². The first kappa shape index (κ1) is 18.7. The molecule has 0 saturated carbocycles. The van der Waals surface area contributed by atoms with Crippen LogP contribution in [0.3, 0.4) is 0 Å². The van der Waals surface area contributed by atoms with Crippen molar-refractivity contribution in [3.63, 3.8) is 0 Å². The number of pyridine rings is 1. The van der Waals surface area contributed by atoms with E-state index in [9.17, 15) is 4.79 Å². The first-order valence-corrected chi connectivity index (χ1v) is 7.17. The van der Waals surface area contributed by atoms with Crippen LogP contribution in [0.5, 0.6) is 0 Å². The maximum Gasteiger partial charge on any atom is 0.270 e.